The van der Waals surface area contributed by atoms with Crippen molar-refractivity contribution in [2.24, 2.45) is 4.99 Å². The highest BCUT2D eigenvalue weighted by Crippen LogP contribution is 2.38. The highest BCUT2D eigenvalue weighted by molar-refractivity contribution is 9.10. The van der Waals surface area contributed by atoms with Crippen LogP contribution in [0, 0.1) is 20.8 Å². The molecule has 22 heavy (non-hydrogen) atoms. The molecule has 0 spiro atoms. The highest BCUT2D eigenvalue weighted by Gasteiger charge is 2.12. The number of aromatic nitrogens is 1. The molecule has 118 valence electrons. The number of hydrogen-bond acceptors (Lipinski definition) is 4. The van der Waals surface area contributed by atoms with Gasteiger partial charge in [0, 0.05) is 25.1 Å². The fraction of sp³-hybridized carbons (Fsp3) is 0.375. The first-order valence-corrected chi connectivity index (χ1v) is 8.64. The van der Waals surface area contributed by atoms with E-state index in [2.05, 4.69) is 32.2 Å². The monoisotopic (exact) mass is 381 g/mol. The standard InChI is InChI=1S/C16H20BrN3OS/c1-6-20(5)9-18-13-7-11(3)14(8-10(13)2)21-16-15(17)12(4)19-22-16/h7-9H,6H2,1-5H3. The predicted molar refractivity (Wildman–Crippen MR) is 97.0 cm³/mol. The molecule has 0 amide bonds. The minimum Gasteiger partial charge on any atom is -0.444 e. The van der Waals surface area contributed by atoms with Gasteiger partial charge in [-0.25, -0.2) is 4.99 Å². The molecule has 0 fully saturated rings. The largest absolute Gasteiger partial charge is 0.444 e. The van der Waals surface area contributed by atoms with E-state index in [0.717, 1.165) is 44.3 Å². The third kappa shape index (κ3) is 3.87. The summed E-state index contributed by atoms with van der Waals surface area (Å²) in [5.41, 5.74) is 4.04. The Bertz CT molecular complexity index is 697. The van der Waals surface area contributed by atoms with Crippen molar-refractivity contribution in [1.29, 1.82) is 0 Å². The van der Waals surface area contributed by atoms with Gasteiger partial charge >= 0.3 is 0 Å². The van der Waals surface area contributed by atoms with E-state index in [9.17, 15) is 0 Å². The first-order valence-electron chi connectivity index (χ1n) is 7.07. The van der Waals surface area contributed by atoms with Gasteiger partial charge in [-0.1, -0.05) is 0 Å². The number of halogens is 1. The second kappa shape index (κ2) is 7.24. The van der Waals surface area contributed by atoms with Crippen LogP contribution in [0.1, 0.15) is 23.7 Å². The Morgan fingerprint density at radius 3 is 2.64 bits per heavy atom. The van der Waals surface area contributed by atoms with Crippen LogP contribution in [0.25, 0.3) is 0 Å². The third-order valence-corrected chi connectivity index (χ3v) is 5.37. The fourth-order valence-corrected chi connectivity index (χ4v) is 2.94. The number of ether oxygens (including phenoxy) is 1. The maximum atomic E-state index is 5.99. The molecule has 1 aromatic heterocycles. The lowest BCUT2D eigenvalue weighted by Crippen LogP contribution is -2.14. The summed E-state index contributed by atoms with van der Waals surface area (Å²) < 4.78 is 11.2. The van der Waals surface area contributed by atoms with Gasteiger partial charge in [0.05, 0.1) is 22.2 Å². The van der Waals surface area contributed by atoms with Crippen molar-refractivity contribution in [1.82, 2.24) is 9.27 Å². The van der Waals surface area contributed by atoms with Crippen LogP contribution in [-0.2, 0) is 0 Å². The van der Waals surface area contributed by atoms with Gasteiger partial charge in [-0.2, -0.15) is 4.37 Å². The molecule has 0 bridgehead atoms. The van der Waals surface area contributed by atoms with Crippen LogP contribution in [0.4, 0.5) is 5.69 Å². The van der Waals surface area contributed by atoms with Crippen molar-refractivity contribution in [2.45, 2.75) is 27.7 Å². The summed E-state index contributed by atoms with van der Waals surface area (Å²) in [4.78, 5) is 6.57. The highest BCUT2D eigenvalue weighted by atomic mass is 79.9. The topological polar surface area (TPSA) is 37.7 Å². The van der Waals surface area contributed by atoms with E-state index < -0.39 is 0 Å². The van der Waals surface area contributed by atoms with Gasteiger partial charge in [0.15, 0.2) is 0 Å². The molecule has 6 heteroatoms. The Labute approximate surface area is 144 Å². The molecular formula is C16H20BrN3OS. The van der Waals surface area contributed by atoms with E-state index in [-0.39, 0.29) is 0 Å². The molecule has 4 nitrogen and oxygen atoms in total. The number of hydrogen-bond donors (Lipinski definition) is 0. The first-order chi connectivity index (χ1) is 10.4. The van der Waals surface area contributed by atoms with Crippen LogP contribution >= 0.6 is 27.5 Å². The predicted octanol–water partition coefficient (Wildman–Crippen LogP) is 5.23. The fourth-order valence-electron chi connectivity index (χ4n) is 1.77. The van der Waals surface area contributed by atoms with Crippen molar-refractivity contribution in [3.8, 4) is 10.8 Å². The molecule has 1 heterocycles. The number of rotatable bonds is 5. The molecule has 0 atom stereocenters. The number of benzene rings is 1. The zero-order valence-electron chi connectivity index (χ0n) is 13.5. The number of nitrogens with zero attached hydrogens (tertiary/aromatic N) is 3. The summed E-state index contributed by atoms with van der Waals surface area (Å²) in [6.45, 7) is 9.04. The summed E-state index contributed by atoms with van der Waals surface area (Å²) in [5, 5.41) is 0.780. The first kappa shape index (κ1) is 17.0. The van der Waals surface area contributed by atoms with Gasteiger partial charge in [0.25, 0.3) is 0 Å². The average molecular weight is 382 g/mol. The van der Waals surface area contributed by atoms with E-state index in [1.165, 1.54) is 11.5 Å². The summed E-state index contributed by atoms with van der Waals surface area (Å²) in [5.74, 6) is 0.838. The Morgan fingerprint density at radius 2 is 2.05 bits per heavy atom. The molecule has 0 N–H and O–H groups in total. The minimum atomic E-state index is 0.780. The van der Waals surface area contributed by atoms with Crippen molar-refractivity contribution in [2.75, 3.05) is 13.6 Å². The van der Waals surface area contributed by atoms with Crippen LogP contribution in [0.15, 0.2) is 21.6 Å². The normalized spacial score (nSPS) is 11.2. The molecule has 2 rings (SSSR count). The minimum absolute atomic E-state index is 0.780. The average Bonchev–Trinajstić information content (AvgIpc) is 2.80. The lowest BCUT2D eigenvalue weighted by molar-refractivity contribution is 0.489. The summed E-state index contributed by atoms with van der Waals surface area (Å²) in [6, 6.07) is 4.07. The quantitative estimate of drug-likeness (QED) is 0.525. The van der Waals surface area contributed by atoms with Gasteiger partial charge in [-0.15, -0.1) is 0 Å². The molecule has 0 unspecified atom stereocenters. The SMILES string of the molecule is CCN(C)C=Nc1cc(C)c(Oc2snc(C)c2Br)cc1C. The van der Waals surface area contributed by atoms with Crippen molar-refractivity contribution in [3.63, 3.8) is 0 Å². The van der Waals surface area contributed by atoms with Crippen molar-refractivity contribution >= 4 is 39.5 Å². The van der Waals surface area contributed by atoms with Gasteiger partial charge in [0.2, 0.25) is 5.06 Å². The third-order valence-electron chi connectivity index (χ3n) is 3.35. The smallest absolute Gasteiger partial charge is 0.214 e. The van der Waals surface area contributed by atoms with Crippen LogP contribution in [0.2, 0.25) is 0 Å². The molecule has 0 aliphatic rings. The molecule has 0 radical (unpaired) electrons. The maximum absolute atomic E-state index is 5.99. The van der Waals surface area contributed by atoms with Crippen LogP contribution in [0.5, 0.6) is 10.8 Å². The van der Waals surface area contributed by atoms with E-state index in [0.29, 0.717) is 0 Å². The van der Waals surface area contributed by atoms with E-state index in [1.54, 1.807) is 0 Å². The Kier molecular flexibility index (Phi) is 5.58. The maximum Gasteiger partial charge on any atom is 0.214 e. The van der Waals surface area contributed by atoms with Crippen LogP contribution < -0.4 is 4.74 Å². The summed E-state index contributed by atoms with van der Waals surface area (Å²) >= 11 is 4.86. The second-order valence-corrected chi connectivity index (χ2v) is 6.72. The van der Waals surface area contributed by atoms with Crippen LogP contribution in [-0.4, -0.2) is 29.2 Å². The summed E-state index contributed by atoms with van der Waals surface area (Å²) in [6.07, 6.45) is 1.85. The van der Waals surface area contributed by atoms with Gasteiger partial charge in [0.1, 0.15) is 5.75 Å². The molecule has 2 aromatic rings. The van der Waals surface area contributed by atoms with Gasteiger partial charge < -0.3 is 9.64 Å². The number of aryl methyl sites for hydroxylation is 3. The zero-order valence-corrected chi connectivity index (χ0v) is 15.9. The van der Waals surface area contributed by atoms with Crippen LogP contribution in [0.3, 0.4) is 0 Å². The van der Waals surface area contributed by atoms with Crippen molar-refractivity contribution < 1.29 is 4.74 Å². The van der Waals surface area contributed by atoms with E-state index in [4.69, 9.17) is 4.74 Å². The van der Waals surface area contributed by atoms with E-state index >= 15 is 0 Å². The molecule has 1 aromatic carbocycles. The Balaban J connectivity index is 2.26. The summed E-state index contributed by atoms with van der Waals surface area (Å²) in [7, 11) is 2.01. The van der Waals surface area contributed by atoms with Crippen molar-refractivity contribution in [3.05, 3.63) is 33.4 Å². The second-order valence-electron chi connectivity index (χ2n) is 5.19. The molecule has 0 saturated carbocycles. The van der Waals surface area contributed by atoms with Gasteiger partial charge in [-0.3, -0.25) is 0 Å². The Hall–Kier alpha value is -1.40. The number of aliphatic imine (C=N–C) groups is 1. The zero-order chi connectivity index (χ0) is 16.3. The lowest BCUT2D eigenvalue weighted by atomic mass is 10.1. The molecule has 0 aliphatic carbocycles. The molecule has 0 saturated heterocycles. The molecule has 0 aliphatic heterocycles. The van der Waals surface area contributed by atoms with E-state index in [1.807, 2.05) is 51.2 Å². The molecular weight excluding hydrogens is 362 g/mol. The lowest BCUT2D eigenvalue weighted by Gasteiger charge is -2.12. The van der Waals surface area contributed by atoms with Gasteiger partial charge in [-0.05, 0) is 66.9 Å². The Morgan fingerprint density at radius 1 is 1.32 bits per heavy atom.